The van der Waals surface area contributed by atoms with Crippen LogP contribution in [0.15, 0.2) is 24.3 Å². The first-order valence-corrected chi connectivity index (χ1v) is 6.55. The second-order valence-electron chi connectivity index (χ2n) is 4.58. The molecule has 1 saturated heterocycles. The van der Waals surface area contributed by atoms with Crippen LogP contribution in [0, 0.1) is 0 Å². The van der Waals surface area contributed by atoms with Crippen LogP contribution < -0.4 is 10.6 Å². The summed E-state index contributed by atoms with van der Waals surface area (Å²) in [7, 11) is 0. The van der Waals surface area contributed by atoms with Crippen LogP contribution in [0.3, 0.4) is 0 Å². The highest BCUT2D eigenvalue weighted by Gasteiger charge is 2.29. The van der Waals surface area contributed by atoms with Crippen molar-refractivity contribution < 1.29 is 18.7 Å². The third-order valence-electron chi connectivity index (χ3n) is 3.06. The maximum Gasteiger partial charge on any atom is 0.338 e. The number of halogens is 1. The number of alkyl halides is 1. The van der Waals surface area contributed by atoms with E-state index < -0.39 is 18.2 Å². The zero-order chi connectivity index (χ0) is 14.5. The van der Waals surface area contributed by atoms with Gasteiger partial charge in [-0.2, -0.15) is 0 Å². The molecule has 1 fully saturated rings. The molecular formula is C14H17FN2O3. The molecule has 1 aromatic carbocycles. The van der Waals surface area contributed by atoms with Gasteiger partial charge in [-0.1, -0.05) is 0 Å². The molecule has 1 aliphatic rings. The van der Waals surface area contributed by atoms with Crippen molar-refractivity contribution in [2.45, 2.75) is 25.6 Å². The largest absolute Gasteiger partial charge is 0.462 e. The predicted octanol–water partition coefficient (Wildman–Crippen LogP) is 1.50. The highest BCUT2D eigenvalue weighted by Crippen LogP contribution is 2.14. The van der Waals surface area contributed by atoms with Crippen molar-refractivity contribution in [2.75, 3.05) is 18.5 Å². The van der Waals surface area contributed by atoms with Crippen LogP contribution in [0.25, 0.3) is 0 Å². The Kier molecular flexibility index (Phi) is 4.68. The summed E-state index contributed by atoms with van der Waals surface area (Å²) in [6.45, 7) is 2.26. The summed E-state index contributed by atoms with van der Waals surface area (Å²) < 4.78 is 17.9. The molecule has 1 aromatic rings. The number of rotatable bonds is 4. The number of carbonyl (C=O) groups is 2. The lowest BCUT2D eigenvalue weighted by molar-refractivity contribution is -0.117. The average Bonchev–Trinajstić information content (AvgIpc) is 2.86. The van der Waals surface area contributed by atoms with Crippen molar-refractivity contribution in [2.24, 2.45) is 0 Å². The van der Waals surface area contributed by atoms with Crippen molar-refractivity contribution in [3.05, 3.63) is 29.8 Å². The summed E-state index contributed by atoms with van der Waals surface area (Å²) in [5.41, 5.74) is 0.986. The van der Waals surface area contributed by atoms with Gasteiger partial charge in [-0.05, 0) is 31.2 Å². The van der Waals surface area contributed by atoms with E-state index >= 15 is 0 Å². The van der Waals surface area contributed by atoms with E-state index in [4.69, 9.17) is 4.74 Å². The molecule has 6 heteroatoms. The van der Waals surface area contributed by atoms with Gasteiger partial charge in [0, 0.05) is 18.7 Å². The fraction of sp³-hybridized carbons (Fsp3) is 0.429. The van der Waals surface area contributed by atoms with Gasteiger partial charge in [0.25, 0.3) is 0 Å². The lowest BCUT2D eigenvalue weighted by atomic mass is 10.1. The average molecular weight is 280 g/mol. The number of hydrogen-bond donors (Lipinski definition) is 2. The Bertz CT molecular complexity index is 490. The van der Waals surface area contributed by atoms with E-state index in [1.54, 1.807) is 31.2 Å². The Labute approximate surface area is 116 Å². The second-order valence-corrected chi connectivity index (χ2v) is 4.58. The number of ether oxygens (including phenoxy) is 1. The Hall–Kier alpha value is -1.95. The van der Waals surface area contributed by atoms with Crippen molar-refractivity contribution in [3.63, 3.8) is 0 Å². The van der Waals surface area contributed by atoms with E-state index in [0.717, 1.165) is 0 Å². The van der Waals surface area contributed by atoms with Gasteiger partial charge in [0.2, 0.25) is 5.91 Å². The number of carbonyl (C=O) groups excluding carboxylic acids is 2. The monoisotopic (exact) mass is 280 g/mol. The quantitative estimate of drug-likeness (QED) is 0.820. The normalized spacial score (nSPS) is 21.5. The molecule has 2 atom stereocenters. The first kappa shape index (κ1) is 14.5. The van der Waals surface area contributed by atoms with Crippen LogP contribution in [0.4, 0.5) is 10.1 Å². The molecule has 1 heterocycles. The summed E-state index contributed by atoms with van der Waals surface area (Å²) in [5.74, 6) is -0.669. The van der Waals surface area contributed by atoms with Crippen molar-refractivity contribution in [3.8, 4) is 0 Å². The molecule has 20 heavy (non-hydrogen) atoms. The first-order valence-electron chi connectivity index (χ1n) is 6.55. The second kappa shape index (κ2) is 6.47. The van der Waals surface area contributed by atoms with E-state index in [1.807, 2.05) is 0 Å². The van der Waals surface area contributed by atoms with Gasteiger partial charge in [-0.25, -0.2) is 9.18 Å². The molecule has 0 aliphatic carbocycles. The van der Waals surface area contributed by atoms with Gasteiger partial charge < -0.3 is 15.4 Å². The molecule has 0 bridgehead atoms. The Morgan fingerprint density at radius 3 is 2.65 bits per heavy atom. The fourth-order valence-corrected chi connectivity index (χ4v) is 2.03. The Balaban J connectivity index is 1.93. The summed E-state index contributed by atoms with van der Waals surface area (Å²) in [4.78, 5) is 23.3. The van der Waals surface area contributed by atoms with E-state index in [1.165, 1.54) is 0 Å². The lowest BCUT2D eigenvalue weighted by Gasteiger charge is -2.11. The molecule has 1 amide bonds. The molecule has 0 saturated carbocycles. The van der Waals surface area contributed by atoms with Crippen LogP contribution in [-0.4, -0.2) is 37.2 Å². The molecule has 108 valence electrons. The number of benzene rings is 1. The van der Waals surface area contributed by atoms with Gasteiger partial charge in [0.05, 0.1) is 18.2 Å². The Morgan fingerprint density at radius 2 is 2.10 bits per heavy atom. The summed E-state index contributed by atoms with van der Waals surface area (Å²) in [6.07, 6.45) is -0.788. The predicted molar refractivity (Wildman–Crippen MR) is 72.3 cm³/mol. The van der Waals surface area contributed by atoms with Gasteiger partial charge in [0.1, 0.15) is 6.17 Å². The molecule has 0 spiro atoms. The SMILES string of the molecule is CCOC(=O)c1ccc(NC(=O)[C@H]2C[C@H](F)CN2)cc1. The minimum absolute atomic E-state index is 0.187. The van der Waals surface area contributed by atoms with E-state index in [9.17, 15) is 14.0 Å². The number of anilines is 1. The summed E-state index contributed by atoms with van der Waals surface area (Å²) in [6, 6.07) is 5.88. The topological polar surface area (TPSA) is 67.4 Å². The first-order chi connectivity index (χ1) is 9.60. The standard InChI is InChI=1S/C14H17FN2O3/c1-2-20-14(19)9-3-5-11(6-4-9)17-13(18)12-7-10(15)8-16-12/h3-6,10,12,16H,2,7-8H2,1H3,(H,17,18)/t10-,12+/m0/s1. The van der Waals surface area contributed by atoms with Crippen LogP contribution in [0.2, 0.25) is 0 Å². The van der Waals surface area contributed by atoms with Crippen LogP contribution in [-0.2, 0) is 9.53 Å². The zero-order valence-electron chi connectivity index (χ0n) is 11.2. The highest BCUT2D eigenvalue weighted by atomic mass is 19.1. The summed E-state index contributed by atoms with van der Waals surface area (Å²) >= 11 is 0. The molecule has 0 aromatic heterocycles. The number of nitrogens with one attached hydrogen (secondary N) is 2. The Morgan fingerprint density at radius 1 is 1.40 bits per heavy atom. The van der Waals surface area contributed by atoms with Crippen LogP contribution >= 0.6 is 0 Å². The summed E-state index contributed by atoms with van der Waals surface area (Å²) in [5, 5.41) is 5.49. The van der Waals surface area contributed by atoms with Crippen LogP contribution in [0.1, 0.15) is 23.7 Å². The third kappa shape index (κ3) is 3.54. The highest BCUT2D eigenvalue weighted by molar-refractivity contribution is 5.96. The molecule has 5 nitrogen and oxygen atoms in total. The van der Waals surface area contributed by atoms with E-state index in [2.05, 4.69) is 10.6 Å². The minimum Gasteiger partial charge on any atom is -0.462 e. The van der Waals surface area contributed by atoms with Gasteiger partial charge in [-0.3, -0.25) is 4.79 Å². The van der Waals surface area contributed by atoms with Crippen molar-refractivity contribution in [1.82, 2.24) is 5.32 Å². The lowest BCUT2D eigenvalue weighted by Crippen LogP contribution is -2.35. The smallest absolute Gasteiger partial charge is 0.338 e. The molecule has 0 radical (unpaired) electrons. The molecule has 1 aliphatic heterocycles. The number of esters is 1. The molecule has 2 N–H and O–H groups in total. The minimum atomic E-state index is -0.975. The molecular weight excluding hydrogens is 263 g/mol. The van der Waals surface area contributed by atoms with Crippen molar-refractivity contribution >= 4 is 17.6 Å². The van der Waals surface area contributed by atoms with E-state index in [-0.39, 0.29) is 18.9 Å². The van der Waals surface area contributed by atoms with Crippen molar-refractivity contribution in [1.29, 1.82) is 0 Å². The third-order valence-corrected chi connectivity index (χ3v) is 3.06. The number of amides is 1. The maximum atomic E-state index is 13.0. The van der Waals surface area contributed by atoms with Crippen LogP contribution in [0.5, 0.6) is 0 Å². The zero-order valence-corrected chi connectivity index (χ0v) is 11.2. The maximum absolute atomic E-state index is 13.0. The van der Waals surface area contributed by atoms with Gasteiger partial charge >= 0.3 is 5.97 Å². The molecule has 2 rings (SSSR count). The fourth-order valence-electron chi connectivity index (χ4n) is 2.03. The van der Waals surface area contributed by atoms with E-state index in [0.29, 0.717) is 17.9 Å². The van der Waals surface area contributed by atoms with Gasteiger partial charge in [-0.15, -0.1) is 0 Å². The number of hydrogen-bond acceptors (Lipinski definition) is 4. The molecule has 0 unspecified atom stereocenters. The van der Waals surface area contributed by atoms with Gasteiger partial charge in [0.15, 0.2) is 0 Å².